The molecule has 8 heteroatoms. The number of rotatable bonds is 3. The van der Waals surface area contributed by atoms with Crippen LogP contribution in [0.15, 0.2) is 30.3 Å². The molecule has 2 fully saturated rings. The molecule has 1 spiro atoms. The average molecular weight is 453 g/mol. The third kappa shape index (κ3) is 5.34. The average Bonchev–Trinajstić information content (AvgIpc) is 3.37. The Balaban J connectivity index is 0.000000360. The van der Waals surface area contributed by atoms with Gasteiger partial charge in [-0.3, -0.25) is 4.79 Å². The van der Waals surface area contributed by atoms with Gasteiger partial charge in [0.15, 0.2) is 0 Å². The van der Waals surface area contributed by atoms with Gasteiger partial charge in [-0.25, -0.2) is 4.79 Å². The standard InChI is InChI=1S/C22H30N2O.C2HF3O2/c1-17(2)16-23-13-9-22(10-14-23)15-19(18-7-3-4-8-20(18)22)21(25)24-11-5-6-12-24;3-2(4,5)1(6)7/h3-4,7-8,15,17H,5-6,9-14,16H2,1-2H3;(H,6,7). The SMILES string of the molecule is CC(C)CN1CCC2(C=C(C(=O)N3CCCC3)c3ccccc32)CC1.O=C(O)C(F)(F)F. The molecule has 1 aromatic carbocycles. The first kappa shape index (κ1) is 24.3. The number of carbonyl (C=O) groups is 2. The summed E-state index contributed by atoms with van der Waals surface area (Å²) in [4.78, 5) is 26.6. The van der Waals surface area contributed by atoms with Crippen molar-refractivity contribution in [3.8, 4) is 0 Å². The highest BCUT2D eigenvalue weighted by Crippen LogP contribution is 2.47. The first-order chi connectivity index (χ1) is 15.0. The van der Waals surface area contributed by atoms with Crippen molar-refractivity contribution in [2.75, 3.05) is 32.7 Å². The Morgan fingerprint density at radius 3 is 2.16 bits per heavy atom. The summed E-state index contributed by atoms with van der Waals surface area (Å²) in [6.07, 6.45) is 1.82. The largest absolute Gasteiger partial charge is 0.490 e. The summed E-state index contributed by atoms with van der Waals surface area (Å²) in [6.45, 7) is 9.88. The predicted octanol–water partition coefficient (Wildman–Crippen LogP) is 4.33. The lowest BCUT2D eigenvalue weighted by molar-refractivity contribution is -0.192. The second-order valence-corrected chi connectivity index (χ2v) is 9.26. The van der Waals surface area contributed by atoms with Crippen LogP contribution < -0.4 is 0 Å². The van der Waals surface area contributed by atoms with Crippen molar-refractivity contribution in [3.05, 3.63) is 41.5 Å². The third-order valence-corrected chi connectivity index (χ3v) is 6.41. The van der Waals surface area contributed by atoms with Gasteiger partial charge in [-0.05, 0) is 55.8 Å². The fourth-order valence-corrected chi connectivity index (χ4v) is 4.92. The van der Waals surface area contributed by atoms with Crippen LogP contribution in [0, 0.1) is 5.92 Å². The summed E-state index contributed by atoms with van der Waals surface area (Å²) in [5.41, 5.74) is 3.63. The minimum absolute atomic E-state index is 0.0782. The normalized spacial score (nSPS) is 20.1. The molecule has 0 saturated carbocycles. The molecule has 1 amide bonds. The number of benzene rings is 1. The van der Waals surface area contributed by atoms with E-state index in [1.54, 1.807) is 0 Å². The molecule has 1 aromatic rings. The molecule has 1 N–H and O–H groups in total. The first-order valence-electron chi connectivity index (χ1n) is 11.2. The van der Waals surface area contributed by atoms with E-state index in [1.807, 2.05) is 0 Å². The number of halogens is 3. The van der Waals surface area contributed by atoms with E-state index in [-0.39, 0.29) is 11.3 Å². The second-order valence-electron chi connectivity index (χ2n) is 9.26. The zero-order valence-electron chi connectivity index (χ0n) is 18.6. The van der Waals surface area contributed by atoms with Crippen molar-refractivity contribution >= 4 is 17.4 Å². The van der Waals surface area contributed by atoms with E-state index >= 15 is 0 Å². The molecule has 5 nitrogen and oxygen atoms in total. The minimum Gasteiger partial charge on any atom is -0.475 e. The topological polar surface area (TPSA) is 60.9 Å². The quantitative estimate of drug-likeness (QED) is 0.742. The van der Waals surface area contributed by atoms with Crippen molar-refractivity contribution in [3.63, 3.8) is 0 Å². The number of hydrogen-bond acceptors (Lipinski definition) is 3. The Kier molecular flexibility index (Phi) is 7.32. The molecule has 0 aromatic heterocycles. The zero-order valence-corrected chi connectivity index (χ0v) is 18.6. The second kappa shape index (κ2) is 9.65. The Bertz CT molecular complexity index is 865. The molecular weight excluding hydrogens is 421 g/mol. The van der Waals surface area contributed by atoms with Crippen molar-refractivity contribution in [2.45, 2.75) is 51.1 Å². The van der Waals surface area contributed by atoms with Gasteiger partial charge in [0, 0.05) is 30.6 Å². The summed E-state index contributed by atoms with van der Waals surface area (Å²) in [5, 5.41) is 7.12. The molecule has 2 saturated heterocycles. The number of aliphatic carboxylic acids is 1. The van der Waals surface area contributed by atoms with Crippen LogP contribution in [0.25, 0.3) is 5.57 Å². The van der Waals surface area contributed by atoms with Crippen LogP contribution in [0.4, 0.5) is 13.2 Å². The Labute approximate surface area is 186 Å². The van der Waals surface area contributed by atoms with Gasteiger partial charge in [-0.1, -0.05) is 44.2 Å². The molecule has 4 rings (SSSR count). The van der Waals surface area contributed by atoms with Gasteiger partial charge in [0.05, 0.1) is 0 Å². The van der Waals surface area contributed by atoms with Gasteiger partial charge >= 0.3 is 12.1 Å². The van der Waals surface area contributed by atoms with E-state index in [1.165, 1.54) is 17.7 Å². The molecule has 32 heavy (non-hydrogen) atoms. The number of nitrogens with zero attached hydrogens (tertiary/aromatic N) is 2. The first-order valence-corrected chi connectivity index (χ1v) is 11.2. The van der Waals surface area contributed by atoms with Gasteiger partial charge in [0.1, 0.15) is 0 Å². The van der Waals surface area contributed by atoms with Crippen LogP contribution in [-0.2, 0) is 15.0 Å². The van der Waals surface area contributed by atoms with Crippen molar-refractivity contribution in [1.29, 1.82) is 0 Å². The van der Waals surface area contributed by atoms with E-state index in [2.05, 4.69) is 54.0 Å². The summed E-state index contributed by atoms with van der Waals surface area (Å²) in [5.74, 6) is -1.79. The van der Waals surface area contributed by atoms with Crippen molar-refractivity contribution in [1.82, 2.24) is 9.80 Å². The van der Waals surface area contributed by atoms with E-state index in [0.717, 1.165) is 57.4 Å². The van der Waals surface area contributed by atoms with Gasteiger partial charge in [0.25, 0.3) is 5.91 Å². The molecule has 0 unspecified atom stereocenters. The lowest BCUT2D eigenvalue weighted by Gasteiger charge is -2.39. The van der Waals surface area contributed by atoms with Crippen LogP contribution in [0.1, 0.15) is 50.7 Å². The molecule has 0 atom stereocenters. The molecule has 2 aliphatic heterocycles. The molecule has 176 valence electrons. The molecule has 0 bridgehead atoms. The van der Waals surface area contributed by atoms with Crippen LogP contribution in [0.2, 0.25) is 0 Å². The van der Waals surface area contributed by atoms with Gasteiger partial charge < -0.3 is 14.9 Å². The monoisotopic (exact) mass is 452 g/mol. The van der Waals surface area contributed by atoms with E-state index < -0.39 is 12.1 Å². The highest BCUT2D eigenvalue weighted by molar-refractivity contribution is 6.21. The molecular formula is C24H31F3N2O3. The highest BCUT2D eigenvalue weighted by atomic mass is 19.4. The number of likely N-dealkylation sites (tertiary alicyclic amines) is 2. The summed E-state index contributed by atoms with van der Waals surface area (Å²) >= 11 is 0. The number of piperidine rings is 1. The number of amides is 1. The maximum Gasteiger partial charge on any atom is 0.490 e. The summed E-state index contributed by atoms with van der Waals surface area (Å²) in [7, 11) is 0. The van der Waals surface area contributed by atoms with Gasteiger partial charge in [0.2, 0.25) is 0 Å². The van der Waals surface area contributed by atoms with Gasteiger partial charge in [-0.15, -0.1) is 0 Å². The molecule has 2 heterocycles. The Morgan fingerprint density at radius 1 is 1.06 bits per heavy atom. The third-order valence-electron chi connectivity index (χ3n) is 6.41. The van der Waals surface area contributed by atoms with Crippen LogP contribution >= 0.6 is 0 Å². The lowest BCUT2D eigenvalue weighted by atomic mass is 9.74. The Morgan fingerprint density at radius 2 is 1.62 bits per heavy atom. The number of alkyl halides is 3. The van der Waals surface area contributed by atoms with Crippen molar-refractivity contribution < 1.29 is 27.9 Å². The molecule has 0 radical (unpaired) electrons. The molecule has 3 aliphatic rings. The Hall–Kier alpha value is -2.35. The minimum atomic E-state index is -5.08. The van der Waals surface area contributed by atoms with E-state index in [9.17, 15) is 18.0 Å². The molecule has 1 aliphatic carbocycles. The predicted molar refractivity (Wildman–Crippen MR) is 116 cm³/mol. The number of allylic oxidation sites excluding steroid dienone is 1. The number of carboxylic acids is 1. The van der Waals surface area contributed by atoms with Crippen LogP contribution in [-0.4, -0.2) is 65.7 Å². The highest BCUT2D eigenvalue weighted by Gasteiger charge is 2.42. The van der Waals surface area contributed by atoms with E-state index in [0.29, 0.717) is 5.92 Å². The smallest absolute Gasteiger partial charge is 0.475 e. The number of carbonyl (C=O) groups excluding carboxylic acids is 1. The zero-order chi connectivity index (χ0) is 23.5. The maximum atomic E-state index is 13.1. The maximum absolute atomic E-state index is 13.1. The lowest BCUT2D eigenvalue weighted by Crippen LogP contribution is -2.42. The number of fused-ring (bicyclic) bond motifs is 2. The number of carboxylic acid groups (broad SMARTS) is 1. The van der Waals surface area contributed by atoms with E-state index in [4.69, 9.17) is 9.90 Å². The van der Waals surface area contributed by atoms with Crippen LogP contribution in [0.3, 0.4) is 0 Å². The van der Waals surface area contributed by atoms with Crippen LogP contribution in [0.5, 0.6) is 0 Å². The fourth-order valence-electron chi connectivity index (χ4n) is 4.92. The summed E-state index contributed by atoms with van der Waals surface area (Å²) in [6, 6.07) is 8.63. The number of hydrogen-bond donors (Lipinski definition) is 1. The van der Waals surface area contributed by atoms with Gasteiger partial charge in [-0.2, -0.15) is 13.2 Å². The van der Waals surface area contributed by atoms with Crippen molar-refractivity contribution in [2.24, 2.45) is 5.92 Å². The summed E-state index contributed by atoms with van der Waals surface area (Å²) < 4.78 is 31.7. The fraction of sp³-hybridized carbons (Fsp3) is 0.583.